The molecule has 84 valence electrons. The molecule has 0 saturated carbocycles. The monoisotopic (exact) mass is 281 g/mol. The number of hydrogen-bond acceptors (Lipinski definition) is 1. The van der Waals surface area contributed by atoms with E-state index in [0.717, 1.165) is 6.92 Å². The van der Waals surface area contributed by atoms with E-state index in [-0.39, 0.29) is 5.56 Å². The van der Waals surface area contributed by atoms with Crippen LogP contribution < -0.4 is 5.73 Å². The number of hydrogen-bond donors (Lipinski definition) is 1. The van der Waals surface area contributed by atoms with E-state index in [9.17, 15) is 13.2 Å². The summed E-state index contributed by atoms with van der Waals surface area (Å²) < 4.78 is 41.0. The maximum absolute atomic E-state index is 13.9. The largest absolute Gasteiger partial charge is 0.325 e. The molecule has 0 amide bonds. The van der Waals surface area contributed by atoms with Crippen LogP contribution >= 0.6 is 15.9 Å². The fourth-order valence-electron chi connectivity index (χ4n) is 1.17. The van der Waals surface area contributed by atoms with Gasteiger partial charge in [-0.25, -0.2) is 13.2 Å². The van der Waals surface area contributed by atoms with Gasteiger partial charge in [0.2, 0.25) is 0 Å². The molecule has 0 spiro atoms. The number of nitrogens with two attached hydrogens (primary N) is 1. The van der Waals surface area contributed by atoms with E-state index in [0.29, 0.717) is 4.47 Å². The molecule has 0 fully saturated rings. The molecule has 1 aromatic carbocycles. The van der Waals surface area contributed by atoms with E-state index >= 15 is 0 Å². The van der Waals surface area contributed by atoms with Crippen LogP contribution in [0.4, 0.5) is 13.2 Å². The van der Waals surface area contributed by atoms with E-state index in [2.05, 4.69) is 15.9 Å². The van der Waals surface area contributed by atoms with E-state index < -0.39 is 18.1 Å². The molecule has 2 N–H and O–H groups in total. The van der Waals surface area contributed by atoms with Gasteiger partial charge in [-0.05, 0) is 24.6 Å². The SMILES string of the molecule is CC(F)(c1ccc(Br)cc1)C(F)(F)CN. The molecule has 1 unspecified atom stereocenters. The van der Waals surface area contributed by atoms with Crippen LogP contribution in [0.25, 0.3) is 0 Å². The minimum absolute atomic E-state index is 0.0823. The molecule has 0 saturated heterocycles. The minimum Gasteiger partial charge on any atom is -0.325 e. The standard InChI is InChI=1S/C10H11BrF3N/c1-9(12,10(13,14)6-15)7-2-4-8(11)5-3-7/h2-5H,6,15H2,1H3. The quantitative estimate of drug-likeness (QED) is 0.905. The Hall–Kier alpha value is -0.550. The highest BCUT2D eigenvalue weighted by atomic mass is 79.9. The van der Waals surface area contributed by atoms with Gasteiger partial charge in [-0.3, -0.25) is 0 Å². The lowest BCUT2D eigenvalue weighted by Gasteiger charge is -2.29. The zero-order valence-corrected chi connectivity index (χ0v) is 9.69. The predicted molar refractivity (Wildman–Crippen MR) is 56.6 cm³/mol. The molecule has 1 nitrogen and oxygen atoms in total. The van der Waals surface area contributed by atoms with Crippen molar-refractivity contribution in [1.82, 2.24) is 0 Å². The molecule has 0 aliphatic carbocycles. The summed E-state index contributed by atoms with van der Waals surface area (Å²) in [4.78, 5) is 0. The Labute approximate surface area is 94.6 Å². The first-order valence-corrected chi connectivity index (χ1v) is 5.13. The molecule has 0 bridgehead atoms. The number of alkyl halides is 3. The van der Waals surface area contributed by atoms with Crippen molar-refractivity contribution in [1.29, 1.82) is 0 Å². The lowest BCUT2D eigenvalue weighted by molar-refractivity contribution is -0.126. The fraction of sp³-hybridized carbons (Fsp3) is 0.400. The Morgan fingerprint density at radius 2 is 1.67 bits per heavy atom. The molecule has 1 atom stereocenters. The summed E-state index contributed by atoms with van der Waals surface area (Å²) in [5.41, 5.74) is 2.03. The average Bonchev–Trinajstić information content (AvgIpc) is 2.18. The summed E-state index contributed by atoms with van der Waals surface area (Å²) in [6.07, 6.45) is 0. The lowest BCUT2D eigenvalue weighted by Crippen LogP contribution is -2.45. The Bertz CT molecular complexity index is 335. The van der Waals surface area contributed by atoms with Crippen molar-refractivity contribution in [3.63, 3.8) is 0 Å². The van der Waals surface area contributed by atoms with Crippen LogP contribution in [-0.2, 0) is 5.67 Å². The van der Waals surface area contributed by atoms with Gasteiger partial charge in [0.15, 0.2) is 5.67 Å². The zero-order valence-electron chi connectivity index (χ0n) is 8.11. The molecule has 0 heterocycles. The molecule has 1 rings (SSSR count). The van der Waals surface area contributed by atoms with E-state index in [4.69, 9.17) is 5.73 Å². The summed E-state index contributed by atoms with van der Waals surface area (Å²) in [6.45, 7) is -0.181. The van der Waals surface area contributed by atoms with Crippen molar-refractivity contribution in [3.8, 4) is 0 Å². The third kappa shape index (κ3) is 2.34. The fourth-order valence-corrected chi connectivity index (χ4v) is 1.43. The third-order valence-corrected chi connectivity index (χ3v) is 2.86. The van der Waals surface area contributed by atoms with Crippen molar-refractivity contribution >= 4 is 15.9 Å². The summed E-state index contributed by atoms with van der Waals surface area (Å²) in [6, 6.07) is 5.65. The molecule has 15 heavy (non-hydrogen) atoms. The van der Waals surface area contributed by atoms with E-state index in [1.807, 2.05) is 0 Å². The second-order valence-corrected chi connectivity index (χ2v) is 4.33. The Morgan fingerprint density at radius 3 is 2.07 bits per heavy atom. The number of rotatable bonds is 3. The second kappa shape index (κ2) is 4.14. The van der Waals surface area contributed by atoms with Gasteiger partial charge in [-0.1, -0.05) is 28.1 Å². The molecule has 0 aliphatic rings. The van der Waals surface area contributed by atoms with Gasteiger partial charge < -0.3 is 5.73 Å². The van der Waals surface area contributed by atoms with Crippen LogP contribution in [0.5, 0.6) is 0 Å². The molecule has 0 aliphatic heterocycles. The van der Waals surface area contributed by atoms with Crippen LogP contribution in [0, 0.1) is 0 Å². The Kier molecular flexibility index (Phi) is 3.45. The van der Waals surface area contributed by atoms with Crippen LogP contribution in [-0.4, -0.2) is 12.5 Å². The van der Waals surface area contributed by atoms with Gasteiger partial charge in [0, 0.05) is 4.47 Å². The normalized spacial score (nSPS) is 16.1. The van der Waals surface area contributed by atoms with Gasteiger partial charge >= 0.3 is 0 Å². The van der Waals surface area contributed by atoms with Crippen molar-refractivity contribution < 1.29 is 13.2 Å². The van der Waals surface area contributed by atoms with Gasteiger partial charge in [0.05, 0.1) is 6.54 Å². The summed E-state index contributed by atoms with van der Waals surface area (Å²) >= 11 is 3.15. The van der Waals surface area contributed by atoms with Crippen molar-refractivity contribution in [2.75, 3.05) is 6.54 Å². The van der Waals surface area contributed by atoms with E-state index in [1.54, 1.807) is 0 Å². The lowest BCUT2D eigenvalue weighted by atomic mass is 9.91. The van der Waals surface area contributed by atoms with Crippen LogP contribution in [0.3, 0.4) is 0 Å². The zero-order chi connectivity index (χ0) is 11.7. The molecular weight excluding hydrogens is 271 g/mol. The maximum atomic E-state index is 13.9. The van der Waals surface area contributed by atoms with Crippen molar-refractivity contribution in [2.24, 2.45) is 5.73 Å². The highest BCUT2D eigenvalue weighted by Crippen LogP contribution is 2.40. The van der Waals surface area contributed by atoms with Gasteiger partial charge in [0.1, 0.15) is 0 Å². The van der Waals surface area contributed by atoms with Crippen molar-refractivity contribution in [3.05, 3.63) is 34.3 Å². The first kappa shape index (κ1) is 12.5. The number of benzene rings is 1. The molecule has 0 aromatic heterocycles. The van der Waals surface area contributed by atoms with Crippen LogP contribution in [0.1, 0.15) is 12.5 Å². The summed E-state index contributed by atoms with van der Waals surface area (Å²) in [5, 5.41) is 0. The van der Waals surface area contributed by atoms with Gasteiger partial charge in [0.25, 0.3) is 5.92 Å². The highest BCUT2D eigenvalue weighted by Gasteiger charge is 2.51. The number of halogens is 4. The highest BCUT2D eigenvalue weighted by molar-refractivity contribution is 9.10. The summed E-state index contributed by atoms with van der Waals surface area (Å²) in [7, 11) is 0. The van der Waals surface area contributed by atoms with Crippen LogP contribution in [0.2, 0.25) is 0 Å². The molecule has 1 aromatic rings. The molecule has 0 radical (unpaired) electrons. The minimum atomic E-state index is -3.57. The second-order valence-electron chi connectivity index (χ2n) is 3.42. The maximum Gasteiger partial charge on any atom is 0.297 e. The molecular formula is C10H11BrF3N. The Balaban J connectivity index is 3.10. The van der Waals surface area contributed by atoms with Crippen LogP contribution in [0.15, 0.2) is 28.7 Å². The van der Waals surface area contributed by atoms with Crippen molar-refractivity contribution in [2.45, 2.75) is 18.5 Å². The van der Waals surface area contributed by atoms with E-state index in [1.165, 1.54) is 24.3 Å². The Morgan fingerprint density at radius 1 is 1.20 bits per heavy atom. The predicted octanol–water partition coefficient (Wildman–Crippen LogP) is 3.23. The third-order valence-electron chi connectivity index (χ3n) is 2.33. The first-order valence-electron chi connectivity index (χ1n) is 4.34. The first-order chi connectivity index (χ1) is 6.81. The average molecular weight is 282 g/mol. The molecule has 5 heteroatoms. The van der Waals surface area contributed by atoms with Gasteiger partial charge in [-0.2, -0.15) is 0 Å². The topological polar surface area (TPSA) is 26.0 Å². The summed E-state index contributed by atoms with van der Waals surface area (Å²) in [5.74, 6) is -3.57. The smallest absolute Gasteiger partial charge is 0.297 e. The van der Waals surface area contributed by atoms with Gasteiger partial charge in [-0.15, -0.1) is 0 Å².